The van der Waals surface area contributed by atoms with Crippen LogP contribution in [0.1, 0.15) is 5.56 Å². The van der Waals surface area contributed by atoms with Crippen molar-refractivity contribution in [1.82, 2.24) is 0 Å². The molecule has 21 heavy (non-hydrogen) atoms. The molecule has 0 saturated heterocycles. The topological polar surface area (TPSA) is 9.23 Å². The zero-order valence-electron chi connectivity index (χ0n) is 9.94. The van der Waals surface area contributed by atoms with E-state index in [9.17, 15) is 26.3 Å². The minimum atomic E-state index is -4.45. The monoisotopic (exact) mass is 370 g/mol. The van der Waals surface area contributed by atoms with Crippen LogP contribution in [0.15, 0.2) is 34.8 Å². The number of benzene rings is 2. The Bertz CT molecular complexity index is 645. The van der Waals surface area contributed by atoms with Gasteiger partial charge in [0.05, 0.1) is 0 Å². The number of halogens is 7. The van der Waals surface area contributed by atoms with Crippen LogP contribution in [0.2, 0.25) is 0 Å². The van der Waals surface area contributed by atoms with Crippen molar-refractivity contribution < 1.29 is 31.1 Å². The average molecular weight is 371 g/mol. The molecule has 2 rings (SSSR count). The van der Waals surface area contributed by atoms with Crippen molar-refractivity contribution in [2.45, 2.75) is 6.11 Å². The molecule has 0 atom stereocenters. The fraction of sp³-hybridized carbons (Fsp3) is 0.0769. The molecule has 0 aliphatic heterocycles. The van der Waals surface area contributed by atoms with Gasteiger partial charge in [-0.25, -0.2) is 17.6 Å². The summed E-state index contributed by atoms with van der Waals surface area (Å²) in [6, 6.07) is 2.59. The molecule has 0 aliphatic carbocycles. The zero-order chi connectivity index (χ0) is 15.8. The van der Waals surface area contributed by atoms with E-state index in [0.717, 1.165) is 0 Å². The Kier molecular flexibility index (Phi) is 4.18. The molecular weight excluding hydrogens is 366 g/mol. The first-order valence-corrected chi connectivity index (χ1v) is 6.16. The molecule has 0 spiro atoms. The van der Waals surface area contributed by atoms with Crippen molar-refractivity contribution in [2.75, 3.05) is 0 Å². The van der Waals surface area contributed by atoms with E-state index in [0.29, 0.717) is 30.3 Å². The van der Waals surface area contributed by atoms with Crippen molar-refractivity contribution >= 4 is 15.9 Å². The Labute approximate surface area is 123 Å². The Morgan fingerprint density at radius 2 is 1.29 bits per heavy atom. The number of hydrogen-bond donors (Lipinski definition) is 0. The molecule has 0 N–H and O–H groups in total. The summed E-state index contributed by atoms with van der Waals surface area (Å²) in [7, 11) is 0. The van der Waals surface area contributed by atoms with Crippen LogP contribution in [0.5, 0.6) is 5.75 Å². The van der Waals surface area contributed by atoms with E-state index in [1.54, 1.807) is 0 Å². The van der Waals surface area contributed by atoms with Gasteiger partial charge in [-0.05, 0) is 12.1 Å². The summed E-state index contributed by atoms with van der Waals surface area (Å²) in [6.07, 6.45) is -4.45. The van der Waals surface area contributed by atoms with Gasteiger partial charge in [0, 0.05) is 22.7 Å². The Hall–Kier alpha value is -1.70. The maximum atomic E-state index is 13.8. The van der Waals surface area contributed by atoms with Gasteiger partial charge in [-0.3, -0.25) is 0 Å². The highest BCUT2D eigenvalue weighted by Crippen LogP contribution is 2.36. The Morgan fingerprint density at radius 3 is 1.76 bits per heavy atom. The fourth-order valence-electron chi connectivity index (χ4n) is 1.61. The molecule has 0 radical (unpaired) electrons. The van der Waals surface area contributed by atoms with Gasteiger partial charge in [-0.2, -0.15) is 8.78 Å². The van der Waals surface area contributed by atoms with Crippen LogP contribution in [0.3, 0.4) is 0 Å². The van der Waals surface area contributed by atoms with Crippen LogP contribution in [0.4, 0.5) is 26.3 Å². The van der Waals surface area contributed by atoms with Crippen molar-refractivity contribution in [3.8, 4) is 5.75 Å². The molecule has 0 bridgehead atoms. The minimum absolute atomic E-state index is 0.0890. The number of rotatable bonds is 3. The lowest BCUT2D eigenvalue weighted by Gasteiger charge is -2.19. The number of alkyl halides is 2. The van der Waals surface area contributed by atoms with Gasteiger partial charge >= 0.3 is 6.11 Å². The SMILES string of the molecule is Fc1cc(F)cc(OC(F)(F)c2c(F)cc(Br)cc2F)c1. The molecule has 112 valence electrons. The summed E-state index contributed by atoms with van der Waals surface area (Å²) in [6.45, 7) is 0. The third kappa shape index (κ3) is 3.49. The third-order valence-electron chi connectivity index (χ3n) is 2.38. The highest BCUT2D eigenvalue weighted by Gasteiger charge is 2.41. The van der Waals surface area contributed by atoms with Crippen LogP contribution in [-0.4, -0.2) is 0 Å². The normalized spacial score (nSPS) is 11.6. The van der Waals surface area contributed by atoms with Crippen molar-refractivity contribution in [3.63, 3.8) is 0 Å². The van der Waals surface area contributed by atoms with E-state index in [2.05, 4.69) is 20.7 Å². The lowest BCUT2D eigenvalue weighted by molar-refractivity contribution is -0.189. The van der Waals surface area contributed by atoms with Crippen LogP contribution >= 0.6 is 15.9 Å². The summed E-state index contributed by atoms with van der Waals surface area (Å²) in [5.74, 6) is -6.37. The molecule has 2 aromatic rings. The van der Waals surface area contributed by atoms with E-state index >= 15 is 0 Å². The zero-order valence-corrected chi connectivity index (χ0v) is 11.5. The maximum Gasteiger partial charge on any atom is 0.432 e. The Balaban J connectivity index is 2.42. The predicted octanol–water partition coefficient (Wildman–Crippen LogP) is 5.13. The first-order chi connectivity index (χ1) is 9.69. The lowest BCUT2D eigenvalue weighted by Crippen LogP contribution is -2.25. The molecule has 0 aromatic heterocycles. The third-order valence-corrected chi connectivity index (χ3v) is 2.84. The molecule has 0 heterocycles. The summed E-state index contributed by atoms with van der Waals surface area (Å²) < 4.78 is 84.3. The van der Waals surface area contributed by atoms with Crippen LogP contribution in [0.25, 0.3) is 0 Å². The minimum Gasteiger partial charge on any atom is -0.429 e. The lowest BCUT2D eigenvalue weighted by atomic mass is 10.2. The summed E-state index contributed by atoms with van der Waals surface area (Å²) >= 11 is 2.73. The average Bonchev–Trinajstić information content (AvgIpc) is 2.23. The standard InChI is InChI=1S/C13H5BrF6O/c14-6-1-10(17)12(11(18)2-6)13(19,20)21-9-4-7(15)3-8(16)5-9/h1-5H. The van der Waals surface area contributed by atoms with Crippen molar-refractivity contribution in [1.29, 1.82) is 0 Å². The van der Waals surface area contributed by atoms with Crippen molar-refractivity contribution in [3.05, 3.63) is 63.6 Å². The number of hydrogen-bond acceptors (Lipinski definition) is 1. The molecule has 8 heteroatoms. The molecule has 0 saturated carbocycles. The first kappa shape index (κ1) is 15.7. The van der Waals surface area contributed by atoms with Crippen LogP contribution in [0, 0.1) is 23.3 Å². The van der Waals surface area contributed by atoms with Gasteiger partial charge in [0.25, 0.3) is 0 Å². The van der Waals surface area contributed by atoms with Gasteiger partial charge in [0.15, 0.2) is 0 Å². The quantitative estimate of drug-likeness (QED) is 0.680. The second-order valence-electron chi connectivity index (χ2n) is 3.97. The number of ether oxygens (including phenoxy) is 1. The summed E-state index contributed by atoms with van der Waals surface area (Å²) in [5.41, 5.74) is -1.66. The van der Waals surface area contributed by atoms with E-state index in [4.69, 9.17) is 0 Å². The van der Waals surface area contributed by atoms with E-state index in [-0.39, 0.29) is 4.47 Å². The van der Waals surface area contributed by atoms with Gasteiger partial charge < -0.3 is 4.74 Å². The first-order valence-electron chi connectivity index (χ1n) is 5.37. The molecule has 0 amide bonds. The van der Waals surface area contributed by atoms with Gasteiger partial charge in [-0.1, -0.05) is 15.9 Å². The van der Waals surface area contributed by atoms with Crippen LogP contribution < -0.4 is 4.74 Å². The second-order valence-corrected chi connectivity index (χ2v) is 4.88. The van der Waals surface area contributed by atoms with E-state index < -0.39 is 40.7 Å². The highest BCUT2D eigenvalue weighted by molar-refractivity contribution is 9.10. The maximum absolute atomic E-state index is 13.8. The summed E-state index contributed by atoms with van der Waals surface area (Å²) in [4.78, 5) is 0. The van der Waals surface area contributed by atoms with Gasteiger partial charge in [-0.15, -0.1) is 0 Å². The molecule has 0 aliphatic rings. The molecule has 0 unspecified atom stereocenters. The second kappa shape index (κ2) is 5.59. The predicted molar refractivity (Wildman–Crippen MR) is 64.9 cm³/mol. The van der Waals surface area contributed by atoms with Crippen molar-refractivity contribution in [2.24, 2.45) is 0 Å². The fourth-order valence-corrected chi connectivity index (χ4v) is 2.01. The Morgan fingerprint density at radius 1 is 0.810 bits per heavy atom. The van der Waals surface area contributed by atoms with Gasteiger partial charge in [0.2, 0.25) is 0 Å². The molecule has 1 nitrogen and oxygen atoms in total. The van der Waals surface area contributed by atoms with Crippen LogP contribution in [-0.2, 0) is 6.11 Å². The van der Waals surface area contributed by atoms with Gasteiger partial charge in [0.1, 0.15) is 34.6 Å². The summed E-state index contributed by atoms with van der Waals surface area (Å²) in [5, 5.41) is 0. The van der Waals surface area contributed by atoms with E-state index in [1.165, 1.54) is 0 Å². The molecule has 0 fully saturated rings. The largest absolute Gasteiger partial charge is 0.432 e. The molecular formula is C13H5BrF6O. The molecule has 2 aromatic carbocycles. The highest BCUT2D eigenvalue weighted by atomic mass is 79.9. The smallest absolute Gasteiger partial charge is 0.429 e. The van der Waals surface area contributed by atoms with E-state index in [1.807, 2.05) is 0 Å².